The lowest BCUT2D eigenvalue weighted by atomic mass is 9.92. The molecule has 0 saturated heterocycles. The first kappa shape index (κ1) is 13.5. The Labute approximate surface area is 107 Å². The molecule has 0 amide bonds. The number of aliphatic hydroxyl groups is 1. The van der Waals surface area contributed by atoms with E-state index >= 15 is 0 Å². The topological polar surface area (TPSA) is 29.5 Å². The highest BCUT2D eigenvalue weighted by Gasteiger charge is 2.36. The number of hydrogen-bond acceptors (Lipinski definition) is 2. The average Bonchev–Trinajstić information content (AvgIpc) is 2.68. The molecule has 2 nitrogen and oxygen atoms in total. The zero-order valence-electron chi connectivity index (χ0n) is 9.43. The van der Waals surface area contributed by atoms with Crippen molar-refractivity contribution in [1.29, 1.82) is 0 Å². The van der Waals surface area contributed by atoms with Gasteiger partial charge in [-0.2, -0.15) is 0 Å². The molecule has 0 bridgehead atoms. The Morgan fingerprint density at radius 1 is 1.22 bits per heavy atom. The molecule has 18 heavy (non-hydrogen) atoms. The Bertz CT molecular complexity index is 439. The molecule has 0 unspecified atom stereocenters. The van der Waals surface area contributed by atoms with Crippen LogP contribution in [0.3, 0.4) is 0 Å². The fourth-order valence-electron chi connectivity index (χ4n) is 2.24. The smallest absolute Gasteiger partial charge is 0.404 e. The highest BCUT2D eigenvalue weighted by Crippen LogP contribution is 2.41. The van der Waals surface area contributed by atoms with Crippen molar-refractivity contribution >= 4 is 11.6 Å². The highest BCUT2D eigenvalue weighted by atomic mass is 35.5. The predicted molar refractivity (Wildman–Crippen MR) is 60.5 cm³/mol. The van der Waals surface area contributed by atoms with Crippen molar-refractivity contribution in [3.05, 3.63) is 28.8 Å². The second-order valence-corrected chi connectivity index (χ2v) is 4.84. The van der Waals surface area contributed by atoms with Gasteiger partial charge in [0.1, 0.15) is 5.75 Å². The van der Waals surface area contributed by atoms with Crippen LogP contribution in [0.1, 0.15) is 31.2 Å². The minimum atomic E-state index is -4.79. The number of hydrogen-bond donors (Lipinski definition) is 1. The van der Waals surface area contributed by atoms with Crippen LogP contribution in [0.5, 0.6) is 5.75 Å². The van der Waals surface area contributed by atoms with Gasteiger partial charge < -0.3 is 9.84 Å². The van der Waals surface area contributed by atoms with E-state index in [1.54, 1.807) is 0 Å². The summed E-state index contributed by atoms with van der Waals surface area (Å²) in [5, 5.41) is 10.2. The van der Waals surface area contributed by atoms with Crippen LogP contribution in [0.25, 0.3) is 0 Å². The van der Waals surface area contributed by atoms with Crippen LogP contribution in [-0.2, 0) is 5.60 Å². The van der Waals surface area contributed by atoms with Gasteiger partial charge in [0.05, 0.1) is 10.6 Å². The number of ether oxygens (including phenoxy) is 1. The van der Waals surface area contributed by atoms with Gasteiger partial charge in [0.2, 0.25) is 0 Å². The molecular formula is C12H12ClF3O2. The molecule has 6 heteroatoms. The van der Waals surface area contributed by atoms with Gasteiger partial charge >= 0.3 is 6.36 Å². The summed E-state index contributed by atoms with van der Waals surface area (Å²) in [6.07, 6.45) is -2.00. The van der Waals surface area contributed by atoms with Gasteiger partial charge in [-0.1, -0.05) is 30.5 Å². The average molecular weight is 281 g/mol. The predicted octanol–water partition coefficient (Wildman–Crippen LogP) is 4.00. The first-order valence-electron chi connectivity index (χ1n) is 5.58. The Morgan fingerprint density at radius 3 is 2.39 bits per heavy atom. The molecule has 0 aliphatic heterocycles. The Morgan fingerprint density at radius 2 is 1.83 bits per heavy atom. The molecule has 1 aromatic carbocycles. The Balaban J connectivity index is 2.31. The summed E-state index contributed by atoms with van der Waals surface area (Å²) in [5.74, 6) is -0.470. The lowest BCUT2D eigenvalue weighted by molar-refractivity contribution is -0.274. The molecule has 1 aliphatic carbocycles. The van der Waals surface area contributed by atoms with Gasteiger partial charge in [0.15, 0.2) is 0 Å². The molecule has 0 atom stereocenters. The van der Waals surface area contributed by atoms with Crippen molar-refractivity contribution in [3.8, 4) is 5.75 Å². The SMILES string of the molecule is OC1(c2ccc(Cl)c(OC(F)(F)F)c2)CCCC1. The molecule has 1 fully saturated rings. The Kier molecular flexibility index (Phi) is 3.47. The van der Waals surface area contributed by atoms with Gasteiger partial charge in [0.25, 0.3) is 0 Å². The van der Waals surface area contributed by atoms with Crippen molar-refractivity contribution in [2.75, 3.05) is 0 Å². The molecule has 0 heterocycles. The van der Waals surface area contributed by atoms with Crippen molar-refractivity contribution in [1.82, 2.24) is 0 Å². The van der Waals surface area contributed by atoms with E-state index in [0.717, 1.165) is 12.8 Å². The molecule has 1 aliphatic rings. The van der Waals surface area contributed by atoms with Crippen LogP contribution >= 0.6 is 11.6 Å². The second kappa shape index (κ2) is 4.63. The molecule has 0 aromatic heterocycles. The summed E-state index contributed by atoms with van der Waals surface area (Å²) in [6.45, 7) is 0. The normalized spacial score (nSPS) is 18.9. The Hall–Kier alpha value is -0.940. The van der Waals surface area contributed by atoms with E-state index in [4.69, 9.17) is 11.6 Å². The number of benzene rings is 1. The molecular weight excluding hydrogens is 269 g/mol. The molecule has 1 aromatic rings. The third-order valence-electron chi connectivity index (χ3n) is 3.12. The van der Waals surface area contributed by atoms with Crippen LogP contribution in [0, 0.1) is 0 Å². The van der Waals surface area contributed by atoms with Crippen LogP contribution in [0.4, 0.5) is 13.2 Å². The quantitative estimate of drug-likeness (QED) is 0.887. The van der Waals surface area contributed by atoms with E-state index < -0.39 is 17.7 Å². The largest absolute Gasteiger partial charge is 0.573 e. The van der Waals surface area contributed by atoms with Crippen LogP contribution in [0.15, 0.2) is 18.2 Å². The fraction of sp³-hybridized carbons (Fsp3) is 0.500. The fourth-order valence-corrected chi connectivity index (χ4v) is 2.40. The molecule has 0 radical (unpaired) electrons. The summed E-state index contributed by atoms with van der Waals surface area (Å²) in [5.41, 5.74) is -0.641. The van der Waals surface area contributed by atoms with E-state index in [2.05, 4.69) is 4.74 Å². The van der Waals surface area contributed by atoms with Crippen LogP contribution in [0.2, 0.25) is 5.02 Å². The van der Waals surface area contributed by atoms with Gasteiger partial charge in [-0.3, -0.25) is 0 Å². The number of alkyl halides is 3. The summed E-state index contributed by atoms with van der Waals surface area (Å²) in [6, 6.07) is 4.02. The monoisotopic (exact) mass is 280 g/mol. The maximum atomic E-state index is 12.2. The van der Waals surface area contributed by atoms with E-state index in [1.807, 2.05) is 0 Å². The zero-order valence-corrected chi connectivity index (χ0v) is 10.2. The highest BCUT2D eigenvalue weighted by molar-refractivity contribution is 6.32. The third-order valence-corrected chi connectivity index (χ3v) is 3.44. The third kappa shape index (κ3) is 2.90. The van der Waals surface area contributed by atoms with E-state index in [-0.39, 0.29) is 5.02 Å². The maximum Gasteiger partial charge on any atom is 0.573 e. The lowest BCUT2D eigenvalue weighted by Gasteiger charge is -2.23. The van der Waals surface area contributed by atoms with Gasteiger partial charge in [-0.25, -0.2) is 0 Å². The minimum absolute atomic E-state index is 0.127. The number of halogens is 4. The number of rotatable bonds is 2. The van der Waals surface area contributed by atoms with E-state index in [9.17, 15) is 18.3 Å². The zero-order chi connectivity index (χ0) is 13.4. The van der Waals surface area contributed by atoms with E-state index in [1.165, 1.54) is 18.2 Å². The van der Waals surface area contributed by atoms with Crippen molar-refractivity contribution in [3.63, 3.8) is 0 Å². The second-order valence-electron chi connectivity index (χ2n) is 4.43. The van der Waals surface area contributed by atoms with Crippen LogP contribution < -0.4 is 4.74 Å². The van der Waals surface area contributed by atoms with Crippen molar-refractivity contribution < 1.29 is 23.0 Å². The summed E-state index contributed by atoms with van der Waals surface area (Å²) >= 11 is 5.65. The van der Waals surface area contributed by atoms with Gasteiger partial charge in [-0.15, -0.1) is 13.2 Å². The van der Waals surface area contributed by atoms with E-state index in [0.29, 0.717) is 18.4 Å². The molecule has 0 spiro atoms. The first-order valence-corrected chi connectivity index (χ1v) is 5.96. The van der Waals surface area contributed by atoms with Crippen molar-refractivity contribution in [2.24, 2.45) is 0 Å². The molecule has 2 rings (SSSR count). The summed E-state index contributed by atoms with van der Waals surface area (Å²) < 4.78 is 40.4. The molecule has 100 valence electrons. The molecule has 1 saturated carbocycles. The minimum Gasteiger partial charge on any atom is -0.404 e. The maximum absolute atomic E-state index is 12.2. The van der Waals surface area contributed by atoms with Crippen molar-refractivity contribution in [2.45, 2.75) is 37.6 Å². The summed E-state index contributed by atoms with van der Waals surface area (Å²) in [7, 11) is 0. The summed E-state index contributed by atoms with van der Waals surface area (Å²) in [4.78, 5) is 0. The lowest BCUT2D eigenvalue weighted by Crippen LogP contribution is -2.22. The van der Waals surface area contributed by atoms with Crippen LogP contribution in [-0.4, -0.2) is 11.5 Å². The standard InChI is InChI=1S/C12H12ClF3O2/c13-9-4-3-8(11(17)5-1-2-6-11)7-10(9)18-12(14,15)16/h3-4,7,17H,1-2,5-6H2. The van der Waals surface area contributed by atoms with Gasteiger partial charge in [-0.05, 0) is 30.5 Å². The first-order chi connectivity index (χ1) is 8.30. The molecule has 1 N–H and O–H groups in total. The van der Waals surface area contributed by atoms with Gasteiger partial charge in [0, 0.05) is 0 Å².